The van der Waals surface area contributed by atoms with Crippen LogP contribution in [0.3, 0.4) is 0 Å². The number of rotatable bonds is 11. The van der Waals surface area contributed by atoms with Crippen LogP contribution < -0.4 is 14.8 Å². The SMILES string of the molecule is O=C(O)c1ccccc1OCCCNCCCOc1ccccc1. The fourth-order valence-corrected chi connectivity index (χ4v) is 2.18. The summed E-state index contributed by atoms with van der Waals surface area (Å²) in [6.07, 6.45) is 1.74. The number of hydrogen-bond donors (Lipinski definition) is 2. The molecule has 0 spiro atoms. The molecule has 5 heteroatoms. The highest BCUT2D eigenvalue weighted by atomic mass is 16.5. The van der Waals surface area contributed by atoms with Crippen molar-refractivity contribution in [2.75, 3.05) is 26.3 Å². The van der Waals surface area contributed by atoms with Gasteiger partial charge in [0, 0.05) is 0 Å². The van der Waals surface area contributed by atoms with Gasteiger partial charge in [0.2, 0.25) is 0 Å². The Labute approximate surface area is 142 Å². The summed E-state index contributed by atoms with van der Waals surface area (Å²) < 4.78 is 11.1. The summed E-state index contributed by atoms with van der Waals surface area (Å²) in [5, 5.41) is 12.4. The molecule has 0 unspecified atom stereocenters. The minimum Gasteiger partial charge on any atom is -0.494 e. The highest BCUT2D eigenvalue weighted by molar-refractivity contribution is 5.90. The Kier molecular flexibility index (Phi) is 7.63. The molecule has 24 heavy (non-hydrogen) atoms. The van der Waals surface area contributed by atoms with Gasteiger partial charge < -0.3 is 19.9 Å². The van der Waals surface area contributed by atoms with E-state index >= 15 is 0 Å². The van der Waals surface area contributed by atoms with E-state index in [1.807, 2.05) is 30.3 Å². The van der Waals surface area contributed by atoms with E-state index in [1.54, 1.807) is 24.3 Å². The molecule has 0 saturated heterocycles. The van der Waals surface area contributed by atoms with Gasteiger partial charge in [-0.25, -0.2) is 4.79 Å². The number of carboxylic acid groups (broad SMARTS) is 1. The summed E-state index contributed by atoms with van der Waals surface area (Å²) in [6.45, 7) is 2.86. The van der Waals surface area contributed by atoms with Crippen LogP contribution in [0.25, 0.3) is 0 Å². The fourth-order valence-electron chi connectivity index (χ4n) is 2.18. The van der Waals surface area contributed by atoms with Crippen LogP contribution in [0.1, 0.15) is 23.2 Å². The second-order valence-electron chi connectivity index (χ2n) is 5.27. The van der Waals surface area contributed by atoms with Crippen LogP contribution in [-0.2, 0) is 0 Å². The van der Waals surface area contributed by atoms with Crippen LogP contribution >= 0.6 is 0 Å². The van der Waals surface area contributed by atoms with E-state index in [0.29, 0.717) is 19.0 Å². The zero-order valence-corrected chi connectivity index (χ0v) is 13.6. The standard InChI is InChI=1S/C19H23NO4/c21-19(22)17-10-4-5-11-18(17)24-15-7-13-20-12-6-14-23-16-8-2-1-3-9-16/h1-5,8-11,20H,6-7,12-15H2,(H,21,22). The van der Waals surface area contributed by atoms with Crippen molar-refractivity contribution in [1.82, 2.24) is 5.32 Å². The highest BCUT2D eigenvalue weighted by Crippen LogP contribution is 2.17. The Balaban J connectivity index is 1.51. The lowest BCUT2D eigenvalue weighted by molar-refractivity contribution is 0.0692. The monoisotopic (exact) mass is 329 g/mol. The van der Waals surface area contributed by atoms with E-state index in [0.717, 1.165) is 31.7 Å². The van der Waals surface area contributed by atoms with Crippen molar-refractivity contribution in [2.24, 2.45) is 0 Å². The normalized spacial score (nSPS) is 10.3. The minimum absolute atomic E-state index is 0.198. The molecule has 0 fully saturated rings. The number of ether oxygens (including phenoxy) is 2. The van der Waals surface area contributed by atoms with Crippen molar-refractivity contribution in [3.05, 3.63) is 60.2 Å². The first kappa shape index (κ1) is 17.8. The van der Waals surface area contributed by atoms with Gasteiger partial charge in [0.25, 0.3) is 0 Å². The van der Waals surface area contributed by atoms with Crippen LogP contribution in [0.15, 0.2) is 54.6 Å². The third-order valence-electron chi connectivity index (χ3n) is 3.38. The van der Waals surface area contributed by atoms with Gasteiger partial charge in [0.15, 0.2) is 0 Å². The van der Waals surface area contributed by atoms with Gasteiger partial charge in [-0.1, -0.05) is 30.3 Å². The first-order chi connectivity index (χ1) is 11.8. The lowest BCUT2D eigenvalue weighted by Crippen LogP contribution is -2.20. The molecule has 128 valence electrons. The third kappa shape index (κ3) is 6.30. The molecule has 0 atom stereocenters. The van der Waals surface area contributed by atoms with Crippen molar-refractivity contribution in [1.29, 1.82) is 0 Å². The number of benzene rings is 2. The predicted octanol–water partition coefficient (Wildman–Crippen LogP) is 3.21. The molecular weight excluding hydrogens is 306 g/mol. The predicted molar refractivity (Wildman–Crippen MR) is 92.9 cm³/mol. The molecule has 0 aliphatic rings. The van der Waals surface area contributed by atoms with Crippen molar-refractivity contribution in [3.63, 3.8) is 0 Å². The number of aromatic carboxylic acids is 1. The summed E-state index contributed by atoms with van der Waals surface area (Å²) in [4.78, 5) is 11.1. The summed E-state index contributed by atoms with van der Waals surface area (Å²) in [7, 11) is 0. The van der Waals surface area contributed by atoms with Gasteiger partial charge in [-0.2, -0.15) is 0 Å². The topological polar surface area (TPSA) is 67.8 Å². The Bertz CT molecular complexity index is 616. The zero-order chi connectivity index (χ0) is 17.0. The Hall–Kier alpha value is -2.53. The fraction of sp³-hybridized carbons (Fsp3) is 0.316. The molecule has 2 rings (SSSR count). The largest absolute Gasteiger partial charge is 0.494 e. The number of nitrogens with one attached hydrogen (secondary N) is 1. The molecule has 0 heterocycles. The molecule has 2 aromatic carbocycles. The molecular formula is C19H23NO4. The second kappa shape index (κ2) is 10.3. The molecule has 0 aliphatic heterocycles. The molecule has 0 bridgehead atoms. The van der Waals surface area contributed by atoms with Gasteiger partial charge in [-0.3, -0.25) is 0 Å². The minimum atomic E-state index is -0.970. The van der Waals surface area contributed by atoms with Gasteiger partial charge >= 0.3 is 5.97 Å². The highest BCUT2D eigenvalue weighted by Gasteiger charge is 2.09. The van der Waals surface area contributed by atoms with E-state index in [4.69, 9.17) is 14.6 Å². The lowest BCUT2D eigenvalue weighted by atomic mass is 10.2. The maximum absolute atomic E-state index is 11.1. The molecule has 0 saturated carbocycles. The maximum Gasteiger partial charge on any atom is 0.339 e. The Morgan fingerprint density at radius 2 is 1.50 bits per heavy atom. The maximum atomic E-state index is 11.1. The number of para-hydroxylation sites is 2. The number of carbonyl (C=O) groups is 1. The summed E-state index contributed by atoms with van der Waals surface area (Å²) in [5.74, 6) is 0.339. The van der Waals surface area contributed by atoms with Gasteiger partial charge in [-0.15, -0.1) is 0 Å². The summed E-state index contributed by atoms with van der Waals surface area (Å²) in [6, 6.07) is 16.4. The van der Waals surface area contributed by atoms with Crippen LogP contribution in [0.5, 0.6) is 11.5 Å². The molecule has 0 aromatic heterocycles. The summed E-state index contributed by atoms with van der Waals surface area (Å²) in [5.41, 5.74) is 0.198. The second-order valence-corrected chi connectivity index (χ2v) is 5.27. The van der Waals surface area contributed by atoms with Crippen molar-refractivity contribution < 1.29 is 19.4 Å². The van der Waals surface area contributed by atoms with Crippen molar-refractivity contribution in [3.8, 4) is 11.5 Å². The van der Waals surface area contributed by atoms with Crippen molar-refractivity contribution in [2.45, 2.75) is 12.8 Å². The Morgan fingerprint density at radius 3 is 2.21 bits per heavy atom. The van der Waals surface area contributed by atoms with E-state index < -0.39 is 5.97 Å². The quantitative estimate of drug-likeness (QED) is 0.620. The smallest absolute Gasteiger partial charge is 0.339 e. The van der Waals surface area contributed by atoms with Crippen molar-refractivity contribution >= 4 is 5.97 Å². The molecule has 0 radical (unpaired) electrons. The van der Waals surface area contributed by atoms with Crippen LogP contribution in [0, 0.1) is 0 Å². The Morgan fingerprint density at radius 1 is 0.875 bits per heavy atom. The zero-order valence-electron chi connectivity index (χ0n) is 13.6. The molecule has 2 N–H and O–H groups in total. The average Bonchev–Trinajstić information content (AvgIpc) is 2.61. The third-order valence-corrected chi connectivity index (χ3v) is 3.38. The van der Waals surface area contributed by atoms with E-state index in [-0.39, 0.29) is 5.56 Å². The molecule has 5 nitrogen and oxygen atoms in total. The van der Waals surface area contributed by atoms with Crippen LogP contribution in [-0.4, -0.2) is 37.4 Å². The summed E-state index contributed by atoms with van der Waals surface area (Å²) >= 11 is 0. The van der Waals surface area contributed by atoms with E-state index in [9.17, 15) is 4.79 Å². The molecule has 2 aromatic rings. The lowest BCUT2D eigenvalue weighted by Gasteiger charge is -2.09. The average molecular weight is 329 g/mol. The first-order valence-corrected chi connectivity index (χ1v) is 8.11. The molecule has 0 aliphatic carbocycles. The number of carboxylic acids is 1. The van der Waals surface area contributed by atoms with E-state index in [2.05, 4.69) is 5.32 Å². The number of hydrogen-bond acceptors (Lipinski definition) is 4. The molecule has 0 amide bonds. The van der Waals surface area contributed by atoms with Gasteiger partial charge in [0.05, 0.1) is 13.2 Å². The van der Waals surface area contributed by atoms with Crippen LogP contribution in [0.4, 0.5) is 0 Å². The first-order valence-electron chi connectivity index (χ1n) is 8.11. The van der Waals surface area contributed by atoms with Crippen LogP contribution in [0.2, 0.25) is 0 Å². The van der Waals surface area contributed by atoms with Gasteiger partial charge in [0.1, 0.15) is 17.1 Å². The van der Waals surface area contributed by atoms with E-state index in [1.165, 1.54) is 0 Å². The van der Waals surface area contributed by atoms with Gasteiger partial charge in [-0.05, 0) is 50.2 Å².